The van der Waals surface area contributed by atoms with Gasteiger partial charge in [-0.15, -0.1) is 0 Å². The van der Waals surface area contributed by atoms with Gasteiger partial charge in [0.2, 0.25) is 11.7 Å². The summed E-state index contributed by atoms with van der Waals surface area (Å²) in [6.07, 6.45) is 2.44. The first-order valence-electron chi connectivity index (χ1n) is 12.6. The topological polar surface area (TPSA) is 160 Å². The first-order valence-corrected chi connectivity index (χ1v) is 13.4. The summed E-state index contributed by atoms with van der Waals surface area (Å²) in [5.74, 6) is -1.41. The SMILES string of the molecule is CCOc1cnc2c(-c3nc4cc(F)c(O[C@@H](C)COC(=O)Nc5cnc(C(=O)OC)nc5)nc4s3)cc(C)cc2n1. The normalized spacial score (nSPS) is 11.7. The molecule has 216 valence electrons. The number of benzene rings is 1. The number of thiazole rings is 1. The lowest BCUT2D eigenvalue weighted by Crippen LogP contribution is -2.25. The molecule has 0 unspecified atom stereocenters. The average molecular weight is 594 g/mol. The first kappa shape index (κ1) is 28.5. The van der Waals surface area contributed by atoms with E-state index in [-0.39, 0.29) is 24.0 Å². The van der Waals surface area contributed by atoms with E-state index in [1.165, 1.54) is 36.9 Å². The maximum atomic E-state index is 14.9. The molecule has 1 aromatic carbocycles. The highest BCUT2D eigenvalue weighted by atomic mass is 32.1. The fourth-order valence-electron chi connectivity index (χ4n) is 3.81. The van der Waals surface area contributed by atoms with Crippen LogP contribution in [0.3, 0.4) is 0 Å². The minimum absolute atomic E-state index is 0.157. The maximum absolute atomic E-state index is 14.9. The van der Waals surface area contributed by atoms with Gasteiger partial charge in [-0.1, -0.05) is 11.3 Å². The van der Waals surface area contributed by atoms with Gasteiger partial charge in [-0.3, -0.25) is 5.32 Å². The lowest BCUT2D eigenvalue weighted by atomic mass is 10.1. The number of aryl methyl sites for hydroxylation is 1. The molecule has 0 bridgehead atoms. The second kappa shape index (κ2) is 12.2. The number of anilines is 1. The van der Waals surface area contributed by atoms with Crippen LogP contribution in [0.1, 0.15) is 30.0 Å². The number of carbonyl (C=O) groups is 2. The number of aromatic nitrogens is 6. The van der Waals surface area contributed by atoms with Crippen LogP contribution in [0, 0.1) is 12.7 Å². The van der Waals surface area contributed by atoms with Crippen LogP contribution in [0.25, 0.3) is 32.0 Å². The van der Waals surface area contributed by atoms with E-state index in [1.807, 2.05) is 26.0 Å². The highest BCUT2D eigenvalue weighted by Gasteiger charge is 2.19. The monoisotopic (exact) mass is 593 g/mol. The van der Waals surface area contributed by atoms with Gasteiger partial charge in [0, 0.05) is 11.6 Å². The Kier molecular flexibility index (Phi) is 8.28. The molecule has 4 heterocycles. The summed E-state index contributed by atoms with van der Waals surface area (Å²) >= 11 is 1.26. The molecule has 0 aliphatic carbocycles. The summed E-state index contributed by atoms with van der Waals surface area (Å²) < 4.78 is 35.7. The minimum Gasteiger partial charge on any atom is -0.477 e. The molecule has 0 saturated heterocycles. The predicted molar refractivity (Wildman–Crippen MR) is 150 cm³/mol. The molecule has 4 aromatic heterocycles. The van der Waals surface area contributed by atoms with Crippen LogP contribution < -0.4 is 14.8 Å². The number of hydrogen-bond acceptors (Lipinski definition) is 13. The van der Waals surface area contributed by atoms with Crippen LogP contribution >= 0.6 is 11.3 Å². The van der Waals surface area contributed by atoms with Gasteiger partial charge >= 0.3 is 12.1 Å². The molecule has 42 heavy (non-hydrogen) atoms. The number of halogens is 1. The first-order chi connectivity index (χ1) is 20.2. The van der Waals surface area contributed by atoms with Gasteiger partial charge < -0.3 is 18.9 Å². The standard InChI is InChI=1S/C27H24FN7O6S/c1-5-39-20-11-29-21-16(6-13(2)7-18(21)33-20)24-34-19-8-17(28)23(35-25(19)42-24)41-14(3)12-40-27(37)32-15-9-30-22(31-10-15)26(36)38-4/h6-11,14H,5,12H2,1-4H3,(H,32,37)/t14-/m0/s1. The number of amides is 1. The van der Waals surface area contributed by atoms with Crippen molar-refractivity contribution in [1.82, 2.24) is 29.9 Å². The van der Waals surface area contributed by atoms with Gasteiger partial charge in [0.1, 0.15) is 28.1 Å². The Morgan fingerprint density at radius 3 is 2.57 bits per heavy atom. The van der Waals surface area contributed by atoms with E-state index in [0.29, 0.717) is 38.9 Å². The summed E-state index contributed by atoms with van der Waals surface area (Å²) in [7, 11) is 1.20. The number of pyridine rings is 1. The van der Waals surface area contributed by atoms with Crippen molar-refractivity contribution in [3.63, 3.8) is 0 Å². The molecule has 0 aliphatic heterocycles. The molecule has 15 heteroatoms. The smallest absolute Gasteiger partial charge is 0.411 e. The van der Waals surface area contributed by atoms with Gasteiger partial charge in [-0.05, 0) is 38.5 Å². The van der Waals surface area contributed by atoms with E-state index in [9.17, 15) is 14.0 Å². The van der Waals surface area contributed by atoms with Gasteiger partial charge in [0.05, 0.1) is 49.0 Å². The van der Waals surface area contributed by atoms with Crippen molar-refractivity contribution in [3.05, 3.63) is 54.0 Å². The molecule has 0 saturated carbocycles. The minimum atomic E-state index is -0.822. The van der Waals surface area contributed by atoms with Gasteiger partial charge in [0.25, 0.3) is 5.88 Å². The molecular formula is C27H24FN7O6S. The summed E-state index contributed by atoms with van der Waals surface area (Å²) in [6.45, 7) is 5.67. The molecule has 13 nitrogen and oxygen atoms in total. The molecular weight excluding hydrogens is 569 g/mol. The zero-order valence-electron chi connectivity index (χ0n) is 22.9. The Balaban J connectivity index is 1.27. The van der Waals surface area contributed by atoms with Crippen LogP contribution in [-0.4, -0.2) is 68.4 Å². The second-order valence-corrected chi connectivity index (χ2v) is 9.86. The number of rotatable bonds is 9. The van der Waals surface area contributed by atoms with Gasteiger partial charge in [-0.2, -0.15) is 4.98 Å². The van der Waals surface area contributed by atoms with E-state index in [2.05, 4.69) is 40.0 Å². The Morgan fingerprint density at radius 2 is 1.83 bits per heavy atom. The summed E-state index contributed by atoms with van der Waals surface area (Å²) in [5.41, 5.74) is 3.53. The molecule has 0 fully saturated rings. The third-order valence-corrected chi connectivity index (χ3v) is 6.62. The average Bonchev–Trinajstić information content (AvgIpc) is 3.38. The van der Waals surface area contributed by atoms with E-state index in [1.54, 1.807) is 13.1 Å². The third-order valence-electron chi connectivity index (χ3n) is 5.62. The third kappa shape index (κ3) is 6.30. The highest BCUT2D eigenvalue weighted by molar-refractivity contribution is 7.21. The predicted octanol–water partition coefficient (Wildman–Crippen LogP) is 4.74. The maximum Gasteiger partial charge on any atom is 0.411 e. The lowest BCUT2D eigenvalue weighted by Gasteiger charge is -2.14. The van der Waals surface area contributed by atoms with Crippen molar-refractivity contribution in [2.75, 3.05) is 25.6 Å². The highest BCUT2D eigenvalue weighted by Crippen LogP contribution is 2.35. The Labute approximate surface area is 242 Å². The second-order valence-electron chi connectivity index (χ2n) is 8.88. The van der Waals surface area contributed by atoms with E-state index >= 15 is 0 Å². The van der Waals surface area contributed by atoms with Crippen LogP contribution in [0.15, 0.2) is 36.8 Å². The largest absolute Gasteiger partial charge is 0.477 e. The van der Waals surface area contributed by atoms with Crippen LogP contribution in [0.4, 0.5) is 14.9 Å². The molecule has 1 amide bonds. The number of hydrogen-bond donors (Lipinski definition) is 1. The Morgan fingerprint density at radius 1 is 1.05 bits per heavy atom. The van der Waals surface area contributed by atoms with Crippen LogP contribution in [0.5, 0.6) is 11.8 Å². The summed E-state index contributed by atoms with van der Waals surface area (Å²) in [6, 6.07) is 5.09. The van der Waals surface area contributed by atoms with Crippen molar-refractivity contribution in [1.29, 1.82) is 0 Å². The summed E-state index contributed by atoms with van der Waals surface area (Å²) in [4.78, 5) is 49.5. The van der Waals surface area contributed by atoms with Gasteiger partial charge in [0.15, 0.2) is 5.82 Å². The fourth-order valence-corrected chi connectivity index (χ4v) is 4.74. The van der Waals surface area contributed by atoms with Crippen LogP contribution in [0.2, 0.25) is 0 Å². The molecule has 0 aliphatic rings. The van der Waals surface area contributed by atoms with E-state index in [4.69, 9.17) is 14.2 Å². The molecule has 1 N–H and O–H groups in total. The number of nitrogens with zero attached hydrogens (tertiary/aromatic N) is 6. The quantitative estimate of drug-likeness (QED) is 0.234. The number of esters is 1. The van der Waals surface area contributed by atoms with E-state index in [0.717, 1.165) is 11.1 Å². The van der Waals surface area contributed by atoms with Crippen molar-refractivity contribution < 1.29 is 32.9 Å². The molecule has 5 aromatic rings. The number of fused-ring (bicyclic) bond motifs is 2. The number of methoxy groups -OCH3 is 1. The number of nitrogens with one attached hydrogen (secondary N) is 1. The lowest BCUT2D eigenvalue weighted by molar-refractivity contribution is 0.0586. The number of carbonyl (C=O) groups excluding carboxylic acids is 2. The fraction of sp³-hybridized carbons (Fsp3) is 0.259. The molecule has 0 radical (unpaired) electrons. The van der Waals surface area contributed by atoms with Crippen LogP contribution in [-0.2, 0) is 9.47 Å². The van der Waals surface area contributed by atoms with E-state index < -0.39 is 24.0 Å². The summed E-state index contributed by atoms with van der Waals surface area (Å²) in [5, 5.41) is 3.01. The van der Waals surface area contributed by atoms with Crippen molar-refractivity contribution in [2.45, 2.75) is 26.9 Å². The molecule has 0 spiro atoms. The Hall–Kier alpha value is -5.05. The van der Waals surface area contributed by atoms with Crippen molar-refractivity contribution in [2.24, 2.45) is 0 Å². The zero-order chi connectivity index (χ0) is 29.8. The van der Waals surface area contributed by atoms with Crippen molar-refractivity contribution >= 4 is 50.5 Å². The van der Waals surface area contributed by atoms with Gasteiger partial charge in [-0.25, -0.2) is 38.9 Å². The number of ether oxygens (including phenoxy) is 4. The Bertz CT molecular complexity index is 1780. The molecule has 1 atom stereocenters. The molecule has 5 rings (SSSR count). The van der Waals surface area contributed by atoms with Crippen molar-refractivity contribution in [3.8, 4) is 22.3 Å². The zero-order valence-corrected chi connectivity index (χ0v) is 23.7.